The number of anilines is 1. The Morgan fingerprint density at radius 3 is 2.44 bits per heavy atom. The molecule has 5 atom stereocenters. The third kappa shape index (κ3) is 11.0. The Balaban J connectivity index is 0.897. The lowest BCUT2D eigenvalue weighted by Crippen LogP contribution is -2.73. The molecule has 352 valence electrons. The van der Waals surface area contributed by atoms with Crippen LogP contribution in [0.1, 0.15) is 39.7 Å². The fourth-order valence-electron chi connectivity index (χ4n) is 7.20. The van der Waals surface area contributed by atoms with Crippen molar-refractivity contribution in [3.63, 3.8) is 0 Å². The van der Waals surface area contributed by atoms with E-state index < -0.39 is 54.5 Å². The number of hydrogen-bond acceptors (Lipinski definition) is 16. The van der Waals surface area contributed by atoms with E-state index in [2.05, 4.69) is 50.2 Å². The van der Waals surface area contributed by atoms with Crippen molar-refractivity contribution in [3.05, 3.63) is 124 Å². The van der Waals surface area contributed by atoms with Gasteiger partial charge in [-0.2, -0.15) is 13.6 Å². The minimum atomic E-state index is -5.74. The number of fused-ring (bicyclic) bond motifs is 3. The van der Waals surface area contributed by atoms with Gasteiger partial charge in [-0.3, -0.25) is 13.9 Å². The number of aromatic hydroxyl groups is 1. The van der Waals surface area contributed by atoms with E-state index in [0.717, 1.165) is 5.56 Å². The predicted molar refractivity (Wildman–Crippen MR) is 236 cm³/mol. The van der Waals surface area contributed by atoms with Gasteiger partial charge in [-0.15, -0.1) is 0 Å². The van der Waals surface area contributed by atoms with Crippen molar-refractivity contribution >= 4 is 63.3 Å². The number of carboxylic acid groups (broad SMARTS) is 1. The van der Waals surface area contributed by atoms with E-state index >= 15 is 0 Å². The van der Waals surface area contributed by atoms with Gasteiger partial charge in [-0.1, -0.05) is 18.1 Å². The minimum absolute atomic E-state index is 0.0106. The molecule has 10 N–H and O–H groups in total. The zero-order valence-corrected chi connectivity index (χ0v) is 37.2. The van der Waals surface area contributed by atoms with Crippen LogP contribution in [-0.2, 0) is 38.1 Å². The van der Waals surface area contributed by atoms with Crippen LogP contribution in [0.4, 0.5) is 5.82 Å². The van der Waals surface area contributed by atoms with Crippen LogP contribution in [0.25, 0.3) is 44.6 Å². The maximum atomic E-state index is 12.4. The Morgan fingerprint density at radius 2 is 1.69 bits per heavy atom. The summed E-state index contributed by atoms with van der Waals surface area (Å²) in [7, 11) is -16.8. The number of phenolic OH excluding ortho intramolecular Hbond substituents is 1. The lowest BCUT2D eigenvalue weighted by atomic mass is 9.89. The number of hydrogen-bond donors (Lipinski definition) is 10. The molecule has 2 unspecified atom stereocenters. The summed E-state index contributed by atoms with van der Waals surface area (Å²) in [5, 5.41) is 45.5. The normalized spacial score (nSPS) is 18.2. The summed E-state index contributed by atoms with van der Waals surface area (Å²) < 4.78 is 59.8. The number of carbonyl (C=O) groups is 1. The van der Waals surface area contributed by atoms with Crippen LogP contribution in [-0.4, -0.2) is 96.7 Å². The van der Waals surface area contributed by atoms with E-state index in [1.54, 1.807) is 18.2 Å². The zero-order valence-electron chi connectivity index (χ0n) is 34.5. The van der Waals surface area contributed by atoms with E-state index in [9.17, 15) is 53.5 Å². The van der Waals surface area contributed by atoms with Gasteiger partial charge < -0.3 is 54.5 Å². The Bertz CT molecular complexity index is 3360. The van der Waals surface area contributed by atoms with Crippen molar-refractivity contribution in [1.29, 1.82) is 0 Å². The summed E-state index contributed by atoms with van der Waals surface area (Å²) in [5.41, 5.74) is 3.29. The fraction of sp³-hybridized carbons (Fsp3) is 0.171. The molecular formula is C41H36N6O18P3+. The number of ether oxygens (including phenoxy) is 1. The second-order valence-electron chi connectivity index (χ2n) is 14.8. The average Bonchev–Trinajstić information content (AvgIpc) is 3.87. The van der Waals surface area contributed by atoms with E-state index in [-0.39, 0.29) is 58.1 Å². The molecule has 1 aliphatic carbocycles. The van der Waals surface area contributed by atoms with Gasteiger partial charge in [0.1, 0.15) is 35.8 Å². The van der Waals surface area contributed by atoms with Gasteiger partial charge in [0.2, 0.25) is 6.54 Å². The number of phosphoric ester groups is 1. The molecule has 0 bridgehead atoms. The quantitative estimate of drug-likeness (QED) is 0.0232. The summed E-state index contributed by atoms with van der Waals surface area (Å²) in [5.74, 6) is 4.88. The average molecular weight is 994 g/mol. The third-order valence-corrected chi connectivity index (χ3v) is 14.0. The van der Waals surface area contributed by atoms with Gasteiger partial charge in [-0.05, 0) is 71.6 Å². The van der Waals surface area contributed by atoms with E-state index in [1.165, 1.54) is 65.8 Å². The number of imidazole rings is 1. The molecular weight excluding hydrogens is 957 g/mol. The van der Waals surface area contributed by atoms with Gasteiger partial charge >= 0.3 is 35.3 Å². The number of aromatic nitrogens is 4. The number of benzene rings is 4. The van der Waals surface area contributed by atoms with Gasteiger partial charge in [-0.25, -0.2) is 33.4 Å². The first-order valence-electron chi connectivity index (χ1n) is 19.7. The number of nitrogens with zero attached hydrogens (tertiary/aromatic N) is 4. The molecule has 5 aromatic rings. The standard InChI is InChI=1S/C41H35N6O18P3/c48-25-8-11-28-32(15-25)62-33-16-26(49)9-12-29(33)36(28)30-14-24(7-10-27(30)41(52)53)40(51)42-13-1-2-22-3-5-23(6-4-22)18-43-38-37-39(45-20-44-38)47(21-46-37)35-17-31(50)34(63-35)19-61-67(57,58)65-68(59,60)64-66(54,55)56/h3-12,14-16,20-21,31,34-35,48,50H,13,17-19H2,(H,42,51)(H,52,53)(H,57,58)(H,59,60)(H,43,44,45)(H2,54,55,56)/p+1/t31-,34+,35+/m0/s1. The second-order valence-corrected chi connectivity index (χ2v) is 19.2. The Labute approximate surface area is 381 Å². The monoisotopic (exact) mass is 993 g/mol. The lowest BCUT2D eigenvalue weighted by Gasteiger charge is -2.19. The summed E-state index contributed by atoms with van der Waals surface area (Å²) in [6.45, 7) is -0.540. The van der Waals surface area contributed by atoms with Crippen LogP contribution in [0.5, 0.6) is 5.75 Å². The van der Waals surface area contributed by atoms with Crippen molar-refractivity contribution in [3.8, 4) is 40.0 Å². The number of aliphatic hydroxyl groups is 2. The summed E-state index contributed by atoms with van der Waals surface area (Å²) in [6.07, 6.45) is -0.889. The van der Waals surface area contributed by atoms with Crippen LogP contribution in [0.15, 0.2) is 101 Å². The van der Waals surface area contributed by atoms with Crippen molar-refractivity contribution in [2.45, 2.75) is 31.4 Å². The molecule has 0 saturated carbocycles. The molecule has 0 spiro atoms. The van der Waals surface area contributed by atoms with Crippen LogP contribution < -0.4 is 15.7 Å². The first-order chi connectivity index (χ1) is 32.2. The Kier molecular flexibility index (Phi) is 13.5. The maximum Gasteiger partial charge on any atom is 0.490 e. The minimum Gasteiger partial charge on any atom is -0.508 e. The van der Waals surface area contributed by atoms with E-state index in [4.69, 9.17) is 18.9 Å². The number of aliphatic hydroxyl groups excluding tert-OH is 2. The third-order valence-electron chi connectivity index (χ3n) is 10.2. The highest BCUT2D eigenvalue weighted by Crippen LogP contribution is 2.66. The number of phosphoric acid groups is 3. The molecule has 0 amide bonds. The van der Waals surface area contributed by atoms with Crippen molar-refractivity contribution < 1.29 is 85.8 Å². The highest BCUT2D eigenvalue weighted by Gasteiger charge is 2.43. The van der Waals surface area contributed by atoms with Crippen LogP contribution in [0.3, 0.4) is 0 Å². The lowest BCUT2D eigenvalue weighted by molar-refractivity contribution is -0.450. The van der Waals surface area contributed by atoms with Gasteiger partial charge in [0.15, 0.2) is 22.4 Å². The molecule has 8 rings (SSSR count). The zero-order chi connectivity index (χ0) is 48.5. The summed E-state index contributed by atoms with van der Waals surface area (Å²) in [4.78, 5) is 76.9. The van der Waals surface area contributed by atoms with Crippen LogP contribution in [0.2, 0.25) is 0 Å². The topological polar surface area (TPSA) is 367 Å². The summed E-state index contributed by atoms with van der Waals surface area (Å²) >= 11 is 0. The first kappa shape index (κ1) is 47.8. The number of phenols is 1. The predicted octanol–water partition coefficient (Wildman–Crippen LogP) is 3.15. The molecule has 3 aromatic carbocycles. The molecule has 0 radical (unpaired) electrons. The fourth-order valence-corrected chi connectivity index (χ4v) is 10.2. The molecule has 3 aliphatic rings. The van der Waals surface area contributed by atoms with Crippen LogP contribution in [0, 0.1) is 11.8 Å². The largest absolute Gasteiger partial charge is 0.508 e. The Morgan fingerprint density at radius 1 is 0.912 bits per heavy atom. The molecule has 2 aromatic heterocycles. The van der Waals surface area contributed by atoms with Gasteiger partial charge in [0, 0.05) is 47.2 Å². The van der Waals surface area contributed by atoms with Crippen molar-refractivity contribution in [2.75, 3.05) is 18.5 Å². The van der Waals surface area contributed by atoms with Crippen molar-refractivity contribution in [1.82, 2.24) is 19.5 Å². The molecule has 2 aliphatic heterocycles. The van der Waals surface area contributed by atoms with E-state index in [1.807, 2.05) is 12.1 Å². The number of aromatic carboxylic acids is 1. The SMILES string of the molecule is O=C(O)c1ccc(C(O)=[NH+]CC#Cc2ccc(CNc3ncnc4c3ncn4[C@H]3C[C@H](O)[C@@H](COP(=O)(O)OP(=O)(O)OP(=O)(O)O)O3)cc2)cc1-c1c2ccc(=O)cc-2oc2cc(O)ccc12. The van der Waals surface area contributed by atoms with E-state index in [0.29, 0.717) is 45.6 Å². The van der Waals surface area contributed by atoms with Crippen molar-refractivity contribution in [2.24, 2.45) is 0 Å². The molecule has 4 heterocycles. The maximum absolute atomic E-state index is 12.4. The molecule has 1 fully saturated rings. The first-order valence-corrected chi connectivity index (χ1v) is 24.2. The number of carboxylic acids is 1. The Hall–Kier alpha value is -6.67. The highest BCUT2D eigenvalue weighted by molar-refractivity contribution is 7.66. The van der Waals surface area contributed by atoms with Gasteiger partial charge in [0.05, 0.1) is 30.2 Å². The summed E-state index contributed by atoms with van der Waals surface area (Å²) in [6, 6.07) is 20.0. The van der Waals surface area contributed by atoms with Crippen LogP contribution >= 0.6 is 23.5 Å². The molecule has 24 nitrogen and oxygen atoms in total. The number of rotatable bonds is 15. The second kappa shape index (κ2) is 19.1. The highest BCUT2D eigenvalue weighted by atomic mass is 31.3. The molecule has 27 heteroatoms. The number of nitrogens with one attached hydrogen (secondary N) is 2. The molecule has 68 heavy (non-hydrogen) atoms. The van der Waals surface area contributed by atoms with Gasteiger partial charge in [0.25, 0.3) is 0 Å². The molecule has 1 saturated heterocycles. The smallest absolute Gasteiger partial charge is 0.490 e.